The molecule has 0 spiro atoms. The first-order chi connectivity index (χ1) is 12.1. The quantitative estimate of drug-likeness (QED) is 0.848. The molecule has 0 saturated carbocycles. The number of aromatic nitrogens is 2. The van der Waals surface area contributed by atoms with E-state index < -0.39 is 0 Å². The Morgan fingerprint density at radius 2 is 2.32 bits per heavy atom. The molecule has 0 aliphatic carbocycles. The average Bonchev–Trinajstić information content (AvgIpc) is 3.35. The van der Waals surface area contributed by atoms with Gasteiger partial charge in [0.15, 0.2) is 0 Å². The lowest BCUT2D eigenvalue weighted by Crippen LogP contribution is -2.37. The highest BCUT2D eigenvalue weighted by Gasteiger charge is 2.40. The van der Waals surface area contributed by atoms with Gasteiger partial charge in [0.1, 0.15) is 5.76 Å². The van der Waals surface area contributed by atoms with Crippen molar-refractivity contribution >= 4 is 11.8 Å². The summed E-state index contributed by atoms with van der Waals surface area (Å²) in [7, 11) is 1.88. The molecule has 2 saturated heterocycles. The Kier molecular flexibility index (Phi) is 4.07. The van der Waals surface area contributed by atoms with Crippen molar-refractivity contribution in [1.82, 2.24) is 19.6 Å². The topological polar surface area (TPSA) is 71.6 Å². The van der Waals surface area contributed by atoms with Crippen molar-refractivity contribution in [3.05, 3.63) is 42.1 Å². The molecule has 132 valence electrons. The van der Waals surface area contributed by atoms with Crippen molar-refractivity contribution < 1.29 is 14.0 Å². The van der Waals surface area contributed by atoms with E-state index in [4.69, 9.17) is 4.42 Å². The summed E-state index contributed by atoms with van der Waals surface area (Å²) in [6.07, 6.45) is 7.63. The van der Waals surface area contributed by atoms with Crippen LogP contribution in [0.5, 0.6) is 0 Å². The van der Waals surface area contributed by atoms with Gasteiger partial charge in [-0.25, -0.2) is 0 Å². The molecule has 0 N–H and O–H groups in total. The fraction of sp³-hybridized carbons (Fsp3) is 0.500. The van der Waals surface area contributed by atoms with Gasteiger partial charge in [-0.2, -0.15) is 5.10 Å². The second kappa shape index (κ2) is 6.38. The number of hydrogen-bond donors (Lipinski definition) is 0. The molecule has 2 fully saturated rings. The maximum Gasteiger partial charge on any atom is 0.228 e. The van der Waals surface area contributed by atoms with Crippen LogP contribution in [0.15, 0.2) is 35.2 Å². The van der Waals surface area contributed by atoms with Crippen molar-refractivity contribution in [2.45, 2.75) is 31.8 Å². The molecule has 2 amide bonds. The highest BCUT2D eigenvalue weighted by atomic mass is 16.3. The Morgan fingerprint density at radius 1 is 1.44 bits per heavy atom. The summed E-state index contributed by atoms with van der Waals surface area (Å²) >= 11 is 0. The van der Waals surface area contributed by atoms with E-state index in [1.807, 2.05) is 30.4 Å². The fourth-order valence-corrected chi connectivity index (χ4v) is 3.90. The molecule has 0 bridgehead atoms. The van der Waals surface area contributed by atoms with Crippen LogP contribution in [0.2, 0.25) is 0 Å². The number of aryl methyl sites for hydroxylation is 1. The first kappa shape index (κ1) is 15.9. The van der Waals surface area contributed by atoms with E-state index in [1.165, 1.54) is 0 Å². The van der Waals surface area contributed by atoms with Crippen LogP contribution in [0.25, 0.3) is 0 Å². The molecule has 4 heterocycles. The molecule has 25 heavy (non-hydrogen) atoms. The molecule has 0 radical (unpaired) electrons. The number of carbonyl (C=O) groups excluding carboxylic acids is 2. The molecular formula is C18H22N4O3. The van der Waals surface area contributed by atoms with E-state index in [0.29, 0.717) is 13.1 Å². The smallest absolute Gasteiger partial charge is 0.228 e. The summed E-state index contributed by atoms with van der Waals surface area (Å²) < 4.78 is 7.08. The Labute approximate surface area is 146 Å². The van der Waals surface area contributed by atoms with E-state index in [2.05, 4.69) is 5.10 Å². The predicted octanol–water partition coefficient (Wildman–Crippen LogP) is 1.73. The third-order valence-electron chi connectivity index (χ3n) is 5.14. The van der Waals surface area contributed by atoms with Crippen LogP contribution in [0.3, 0.4) is 0 Å². The van der Waals surface area contributed by atoms with Gasteiger partial charge < -0.3 is 14.2 Å². The van der Waals surface area contributed by atoms with Gasteiger partial charge in [-0.1, -0.05) is 0 Å². The van der Waals surface area contributed by atoms with Crippen molar-refractivity contribution in [1.29, 1.82) is 0 Å². The largest absolute Gasteiger partial charge is 0.467 e. The zero-order chi connectivity index (χ0) is 17.4. The zero-order valence-electron chi connectivity index (χ0n) is 14.3. The predicted molar refractivity (Wildman–Crippen MR) is 89.1 cm³/mol. The molecule has 0 unspecified atom stereocenters. The summed E-state index contributed by atoms with van der Waals surface area (Å²) in [4.78, 5) is 29.0. The van der Waals surface area contributed by atoms with Gasteiger partial charge in [-0.15, -0.1) is 0 Å². The lowest BCUT2D eigenvalue weighted by Gasteiger charge is -2.26. The molecule has 2 aromatic heterocycles. The minimum Gasteiger partial charge on any atom is -0.467 e. The summed E-state index contributed by atoms with van der Waals surface area (Å²) in [6.45, 7) is 1.65. The van der Waals surface area contributed by atoms with Crippen molar-refractivity contribution in [2.75, 3.05) is 13.1 Å². The van der Waals surface area contributed by atoms with E-state index >= 15 is 0 Å². The first-order valence-corrected chi connectivity index (χ1v) is 8.71. The zero-order valence-corrected chi connectivity index (χ0v) is 14.3. The molecule has 7 heteroatoms. The molecule has 2 aliphatic heterocycles. The normalized spacial score (nSPS) is 23.6. The summed E-state index contributed by atoms with van der Waals surface area (Å²) in [6, 6.07) is 3.73. The van der Waals surface area contributed by atoms with Crippen LogP contribution >= 0.6 is 0 Å². The van der Waals surface area contributed by atoms with Crippen LogP contribution in [0, 0.1) is 5.92 Å². The second-order valence-corrected chi connectivity index (χ2v) is 6.89. The number of amides is 2. The maximum atomic E-state index is 13.0. The van der Waals surface area contributed by atoms with Crippen LogP contribution in [0.4, 0.5) is 0 Å². The molecule has 4 rings (SSSR count). The van der Waals surface area contributed by atoms with E-state index in [9.17, 15) is 9.59 Å². The highest BCUT2D eigenvalue weighted by molar-refractivity contribution is 5.89. The van der Waals surface area contributed by atoms with E-state index in [-0.39, 0.29) is 30.2 Å². The monoisotopic (exact) mass is 342 g/mol. The van der Waals surface area contributed by atoms with Gasteiger partial charge in [-0.3, -0.25) is 14.3 Å². The molecule has 2 atom stereocenters. The Bertz CT molecular complexity index is 767. The molecule has 2 aliphatic rings. The fourth-order valence-electron chi connectivity index (χ4n) is 3.90. The van der Waals surface area contributed by atoms with Gasteiger partial charge in [-0.05, 0) is 25.0 Å². The summed E-state index contributed by atoms with van der Waals surface area (Å²) in [5.41, 5.74) is 1.07. The lowest BCUT2D eigenvalue weighted by molar-refractivity contribution is -0.136. The van der Waals surface area contributed by atoms with Crippen LogP contribution in [-0.4, -0.2) is 44.5 Å². The second-order valence-electron chi connectivity index (χ2n) is 6.89. The molecule has 0 aromatic carbocycles. The molecule has 7 nitrogen and oxygen atoms in total. The van der Waals surface area contributed by atoms with E-state index in [1.54, 1.807) is 21.9 Å². The standard InChI is InChI=1S/C18H22N4O3/c1-20-10-14(9-19-20)16-5-2-6-22(16)18(24)13-8-17(23)21(11-13)12-15-4-3-7-25-15/h3-4,7,9-10,13,16H,2,5-6,8,11-12H2,1H3/t13-,16-/m1/s1. The lowest BCUT2D eigenvalue weighted by atomic mass is 10.0. The summed E-state index contributed by atoms with van der Waals surface area (Å²) in [5.74, 6) is 0.587. The SMILES string of the molecule is Cn1cc([C@H]2CCCN2C(=O)[C@@H]2CC(=O)N(Cc3ccco3)C2)cn1. The minimum atomic E-state index is -0.264. The first-order valence-electron chi connectivity index (χ1n) is 8.71. The number of likely N-dealkylation sites (tertiary alicyclic amines) is 2. The molecular weight excluding hydrogens is 320 g/mol. The highest BCUT2D eigenvalue weighted by Crippen LogP contribution is 2.34. The van der Waals surface area contributed by atoms with Gasteiger partial charge in [0.2, 0.25) is 11.8 Å². The van der Waals surface area contributed by atoms with Crippen molar-refractivity contribution in [2.24, 2.45) is 13.0 Å². The average molecular weight is 342 g/mol. The number of hydrogen-bond acceptors (Lipinski definition) is 4. The van der Waals surface area contributed by atoms with Crippen molar-refractivity contribution in [3.63, 3.8) is 0 Å². The molecule has 2 aromatic rings. The number of carbonyl (C=O) groups is 2. The van der Waals surface area contributed by atoms with E-state index in [0.717, 1.165) is 30.7 Å². The number of nitrogens with zero attached hydrogens (tertiary/aromatic N) is 4. The Morgan fingerprint density at radius 3 is 3.04 bits per heavy atom. The van der Waals surface area contributed by atoms with Crippen LogP contribution < -0.4 is 0 Å². The number of furan rings is 1. The van der Waals surface area contributed by atoms with Gasteiger partial charge in [0, 0.05) is 38.3 Å². The van der Waals surface area contributed by atoms with Crippen molar-refractivity contribution in [3.8, 4) is 0 Å². The Balaban J connectivity index is 1.44. The van der Waals surface area contributed by atoms with Gasteiger partial charge >= 0.3 is 0 Å². The third-order valence-corrected chi connectivity index (χ3v) is 5.14. The number of rotatable bonds is 4. The van der Waals surface area contributed by atoms with Crippen LogP contribution in [-0.2, 0) is 23.2 Å². The third kappa shape index (κ3) is 3.06. The Hall–Kier alpha value is -2.57. The van der Waals surface area contributed by atoms with Gasteiger partial charge in [0.25, 0.3) is 0 Å². The van der Waals surface area contributed by atoms with Crippen LogP contribution in [0.1, 0.15) is 36.6 Å². The van der Waals surface area contributed by atoms with Gasteiger partial charge in [0.05, 0.1) is 31.0 Å². The summed E-state index contributed by atoms with van der Waals surface area (Å²) in [5, 5.41) is 4.22. The minimum absolute atomic E-state index is 0.0203. The maximum absolute atomic E-state index is 13.0.